The number of fused-ring (bicyclic) bond motifs is 2. The van der Waals surface area contributed by atoms with E-state index in [0.29, 0.717) is 46.6 Å². The average molecular weight is 867 g/mol. The number of hydrogen-bond donors (Lipinski definition) is 3. The first kappa shape index (κ1) is 43.4. The lowest BCUT2D eigenvalue weighted by molar-refractivity contribution is -0.195. The number of methoxy groups -OCH3 is 2. The summed E-state index contributed by atoms with van der Waals surface area (Å²) in [6.45, 7) is 3.00. The Labute approximate surface area is 318 Å². The van der Waals surface area contributed by atoms with Gasteiger partial charge in [-0.25, -0.2) is 16.8 Å². The zero-order valence-electron chi connectivity index (χ0n) is 27.9. The largest absolute Gasteiger partial charge is 0.387 e. The molecule has 2 unspecified atom stereocenters. The van der Waals surface area contributed by atoms with Gasteiger partial charge in [0.05, 0.1) is 43.5 Å². The Hall–Kier alpha value is -1.31. The molecule has 5 N–H and O–H groups in total. The maximum absolute atomic E-state index is 13.1. The molecule has 0 aliphatic carbocycles. The van der Waals surface area contributed by atoms with E-state index in [1.807, 2.05) is 6.92 Å². The fourth-order valence-electron chi connectivity index (χ4n) is 4.97. The zero-order chi connectivity index (χ0) is 38.1. The van der Waals surface area contributed by atoms with Crippen LogP contribution in [0.25, 0.3) is 0 Å². The van der Waals surface area contributed by atoms with Gasteiger partial charge in [0.1, 0.15) is 14.5 Å². The molecule has 1 aromatic carbocycles. The van der Waals surface area contributed by atoms with Crippen molar-refractivity contribution in [3.8, 4) is 0 Å². The van der Waals surface area contributed by atoms with Crippen LogP contribution in [-0.4, -0.2) is 92.6 Å². The number of hydrogen-bond acceptors (Lipinski definition) is 20. The molecular formula is C27H38N4O14S7. The number of benzene rings is 1. The molecule has 2 aliphatic rings. The van der Waals surface area contributed by atoms with E-state index in [0.717, 1.165) is 52.3 Å². The van der Waals surface area contributed by atoms with Crippen LogP contribution in [0.1, 0.15) is 41.7 Å². The highest BCUT2D eigenvalue weighted by Gasteiger charge is 2.42. The molecule has 3 aromatic rings. The number of aliphatic hydroxyl groups excluding tert-OH is 1. The normalized spacial score (nSPS) is 19.8. The molecule has 18 nitrogen and oxygen atoms in total. The van der Waals surface area contributed by atoms with E-state index < -0.39 is 42.4 Å². The SMILES string of the molecule is COCCCN1CC(O)c2cc(SOON)sc2S1(=O)=O.COCCCN1CC(OS(=O)(=O)c2ccc(C)cc2)c2cc(SOON)sc2S1(=O)=O. The summed E-state index contributed by atoms with van der Waals surface area (Å²) in [5.41, 5.74) is 1.52. The molecule has 2 aromatic heterocycles. The Kier molecular flexibility index (Phi) is 16.3. The zero-order valence-corrected chi connectivity index (χ0v) is 33.7. The summed E-state index contributed by atoms with van der Waals surface area (Å²) < 4.78 is 105. The van der Waals surface area contributed by atoms with E-state index in [1.54, 1.807) is 25.3 Å². The van der Waals surface area contributed by atoms with Gasteiger partial charge in [-0.3, -0.25) is 4.18 Å². The summed E-state index contributed by atoms with van der Waals surface area (Å²) in [4.78, 5) is 8.03. The van der Waals surface area contributed by atoms with Crippen LogP contribution in [0.3, 0.4) is 0 Å². The molecule has 0 bridgehead atoms. The molecule has 0 fully saturated rings. The fraction of sp³-hybridized carbons (Fsp3) is 0.481. The Morgan fingerprint density at radius 3 is 1.81 bits per heavy atom. The predicted octanol–water partition coefficient (Wildman–Crippen LogP) is 3.02. The number of aliphatic hydroxyl groups is 1. The maximum atomic E-state index is 13.1. The van der Waals surface area contributed by atoms with Crippen molar-refractivity contribution in [1.82, 2.24) is 8.61 Å². The maximum Gasteiger partial charge on any atom is 0.297 e. The predicted molar refractivity (Wildman–Crippen MR) is 191 cm³/mol. The number of ether oxygens (including phenoxy) is 2. The highest BCUT2D eigenvalue weighted by molar-refractivity contribution is 7.98. The Morgan fingerprint density at radius 2 is 1.31 bits per heavy atom. The smallest absolute Gasteiger partial charge is 0.297 e. The third-order valence-electron chi connectivity index (χ3n) is 7.38. The molecule has 2 atom stereocenters. The van der Waals surface area contributed by atoms with E-state index in [-0.39, 0.29) is 38.5 Å². The fourth-order valence-corrected chi connectivity index (χ4v) is 14.1. The van der Waals surface area contributed by atoms with Gasteiger partial charge in [0.2, 0.25) is 0 Å². The molecule has 0 spiro atoms. The van der Waals surface area contributed by atoms with Gasteiger partial charge in [-0.15, -0.1) is 41.3 Å². The second-order valence-corrected chi connectivity index (χ2v) is 20.8. The van der Waals surface area contributed by atoms with Gasteiger partial charge >= 0.3 is 0 Å². The first-order chi connectivity index (χ1) is 24.7. The van der Waals surface area contributed by atoms with Crippen molar-refractivity contribution >= 4 is 76.9 Å². The Bertz CT molecular complexity index is 1940. The van der Waals surface area contributed by atoms with Gasteiger partial charge in [0.25, 0.3) is 30.2 Å². The second kappa shape index (κ2) is 19.5. The van der Waals surface area contributed by atoms with Crippen LogP contribution in [0.15, 0.2) is 58.1 Å². The van der Waals surface area contributed by atoms with Crippen LogP contribution in [0.4, 0.5) is 0 Å². The van der Waals surface area contributed by atoms with E-state index in [9.17, 15) is 30.4 Å². The van der Waals surface area contributed by atoms with E-state index >= 15 is 0 Å². The molecule has 292 valence electrons. The Balaban J connectivity index is 0.000000251. The second-order valence-electron chi connectivity index (χ2n) is 10.9. The van der Waals surface area contributed by atoms with E-state index in [2.05, 4.69) is 18.6 Å². The number of β-amino-alcohol motifs (C(OH)–C–C–N with tert-alkyl or cyclic N) is 1. The highest BCUT2D eigenvalue weighted by atomic mass is 32.3. The average Bonchev–Trinajstić information content (AvgIpc) is 3.75. The summed E-state index contributed by atoms with van der Waals surface area (Å²) in [6.07, 6.45) is -0.888. The molecule has 0 radical (unpaired) electrons. The third-order valence-corrected chi connectivity index (χ3v) is 17.2. The summed E-state index contributed by atoms with van der Waals surface area (Å²) >= 11 is 3.45. The van der Waals surface area contributed by atoms with Gasteiger partial charge in [-0.1, -0.05) is 17.7 Å². The van der Waals surface area contributed by atoms with Crippen LogP contribution in [0, 0.1) is 6.92 Å². The molecular weight excluding hydrogens is 829 g/mol. The molecule has 52 heavy (non-hydrogen) atoms. The van der Waals surface area contributed by atoms with E-state index in [4.69, 9.17) is 25.5 Å². The topological polar surface area (TPSA) is 246 Å². The Morgan fingerprint density at radius 1 is 0.827 bits per heavy atom. The van der Waals surface area contributed by atoms with Crippen LogP contribution in [0.2, 0.25) is 0 Å². The monoisotopic (exact) mass is 866 g/mol. The number of nitrogens with zero attached hydrogens (tertiary/aromatic N) is 2. The number of thiophene rings is 2. The summed E-state index contributed by atoms with van der Waals surface area (Å²) in [5.74, 6) is 9.59. The van der Waals surface area contributed by atoms with Gasteiger partial charge in [0.15, 0.2) is 0 Å². The number of rotatable bonds is 17. The standard InChI is InChI=1S/C17H22N2O8S4.C10H16N2O6S3/c1-12-4-6-13(7-5-12)31(22,23)25-15-11-19(8-3-9-24-2)30(20,21)17-14(15)10-16(28-17)29-27-26-18;1-16-4-2-3-12-6-8(13)7-5-9(20-18-17-11)19-10(7)21(12,14)15/h4-7,10,15H,3,8-9,11,18H2,1-2H3;5,8,13H,2-4,6,11H2,1H3. The van der Waals surface area contributed by atoms with Gasteiger partial charge in [-0.2, -0.15) is 28.8 Å². The number of aryl methyl sites for hydroxylation is 1. The molecule has 2 aliphatic heterocycles. The summed E-state index contributed by atoms with van der Waals surface area (Å²) in [7, 11) is -8.51. The van der Waals surface area contributed by atoms with Crippen molar-refractivity contribution in [3.05, 3.63) is 53.1 Å². The molecule has 5 rings (SSSR count). The molecule has 0 amide bonds. The van der Waals surface area contributed by atoms with Gasteiger partial charge in [-0.05, 0) is 44.0 Å². The number of nitrogens with two attached hydrogens (primary N) is 2. The molecule has 4 heterocycles. The lowest BCUT2D eigenvalue weighted by atomic mass is 10.2. The van der Waals surface area contributed by atoms with Crippen molar-refractivity contribution in [2.45, 2.75) is 53.7 Å². The van der Waals surface area contributed by atoms with Gasteiger partial charge < -0.3 is 14.6 Å². The quantitative estimate of drug-likeness (QED) is 0.0580. The van der Waals surface area contributed by atoms with Gasteiger partial charge in [0, 0.05) is 64.7 Å². The van der Waals surface area contributed by atoms with Crippen molar-refractivity contribution in [2.75, 3.05) is 53.6 Å². The van der Waals surface area contributed by atoms with Crippen molar-refractivity contribution < 1.29 is 62.7 Å². The lowest BCUT2D eigenvalue weighted by Gasteiger charge is -2.31. The van der Waals surface area contributed by atoms with Crippen LogP contribution < -0.4 is 11.8 Å². The lowest BCUT2D eigenvalue weighted by Crippen LogP contribution is -2.41. The minimum absolute atomic E-state index is 0.0105. The first-order valence-corrected chi connectivity index (χ1v) is 22.4. The molecule has 0 saturated heterocycles. The minimum Gasteiger partial charge on any atom is -0.387 e. The third kappa shape index (κ3) is 10.7. The molecule has 25 heteroatoms. The van der Waals surface area contributed by atoms with Crippen LogP contribution >= 0.6 is 46.8 Å². The highest BCUT2D eigenvalue weighted by Crippen LogP contribution is 2.45. The summed E-state index contributed by atoms with van der Waals surface area (Å²) in [6, 6.07) is 9.29. The van der Waals surface area contributed by atoms with Crippen LogP contribution in [-0.2, 0) is 62.5 Å². The number of sulfonamides is 2. The molecule has 0 saturated carbocycles. The van der Waals surface area contributed by atoms with E-state index in [1.165, 1.54) is 33.9 Å². The minimum atomic E-state index is -4.14. The van der Waals surface area contributed by atoms with Crippen LogP contribution in [0.5, 0.6) is 0 Å². The summed E-state index contributed by atoms with van der Waals surface area (Å²) in [5, 5.41) is 10.1. The van der Waals surface area contributed by atoms with Crippen molar-refractivity contribution in [1.29, 1.82) is 0 Å². The first-order valence-electron chi connectivity index (χ1n) is 15.0. The van der Waals surface area contributed by atoms with Crippen molar-refractivity contribution in [3.63, 3.8) is 0 Å². The van der Waals surface area contributed by atoms with Crippen molar-refractivity contribution in [2.24, 2.45) is 11.8 Å².